The fraction of sp³-hybridized carbons (Fsp3) is 0.917. The van der Waals surface area contributed by atoms with E-state index in [2.05, 4.69) is 19.2 Å². The molecule has 0 aliphatic carbocycles. The topological polar surface area (TPSA) is 38.3 Å². The Morgan fingerprint density at radius 3 is 2.53 bits per heavy atom. The zero-order valence-electron chi connectivity index (χ0n) is 10.3. The predicted octanol–water partition coefficient (Wildman–Crippen LogP) is 2.36. The van der Waals surface area contributed by atoms with Crippen LogP contribution in [-0.4, -0.2) is 25.7 Å². The molecular weight excluding hydrogens is 190 g/mol. The molecule has 0 aromatic heterocycles. The van der Waals surface area contributed by atoms with Gasteiger partial charge in [-0.2, -0.15) is 0 Å². The van der Waals surface area contributed by atoms with Crippen LogP contribution in [0.4, 0.5) is 0 Å². The SMILES string of the molecule is CCC(=O)NCCCOCCCC(C)C. The molecule has 0 aliphatic rings. The normalized spacial score (nSPS) is 10.7. The number of hydrogen-bond donors (Lipinski definition) is 1. The highest BCUT2D eigenvalue weighted by molar-refractivity contribution is 5.75. The van der Waals surface area contributed by atoms with E-state index in [0.29, 0.717) is 6.42 Å². The average molecular weight is 215 g/mol. The molecule has 0 aliphatic heterocycles. The Kier molecular flexibility index (Phi) is 9.59. The number of hydrogen-bond acceptors (Lipinski definition) is 2. The molecule has 0 heterocycles. The average Bonchev–Trinajstić information content (AvgIpc) is 2.21. The second kappa shape index (κ2) is 9.97. The smallest absolute Gasteiger partial charge is 0.219 e. The minimum Gasteiger partial charge on any atom is -0.381 e. The minimum absolute atomic E-state index is 0.120. The van der Waals surface area contributed by atoms with Crippen molar-refractivity contribution in [2.24, 2.45) is 5.92 Å². The van der Waals surface area contributed by atoms with Gasteiger partial charge < -0.3 is 10.1 Å². The molecule has 3 heteroatoms. The number of ether oxygens (including phenoxy) is 1. The minimum atomic E-state index is 0.120. The Morgan fingerprint density at radius 2 is 1.93 bits per heavy atom. The fourth-order valence-corrected chi connectivity index (χ4v) is 1.22. The first-order chi connectivity index (χ1) is 7.16. The summed E-state index contributed by atoms with van der Waals surface area (Å²) < 4.78 is 5.45. The summed E-state index contributed by atoms with van der Waals surface area (Å²) in [5.74, 6) is 0.882. The first-order valence-corrected chi connectivity index (χ1v) is 6.01. The van der Waals surface area contributed by atoms with Crippen molar-refractivity contribution >= 4 is 5.91 Å². The highest BCUT2D eigenvalue weighted by atomic mass is 16.5. The lowest BCUT2D eigenvalue weighted by molar-refractivity contribution is -0.120. The van der Waals surface area contributed by atoms with Crippen LogP contribution in [0, 0.1) is 5.92 Å². The molecule has 0 spiro atoms. The Hall–Kier alpha value is -0.570. The van der Waals surface area contributed by atoms with Crippen molar-refractivity contribution in [3.63, 3.8) is 0 Å². The van der Waals surface area contributed by atoms with E-state index in [4.69, 9.17) is 4.74 Å². The largest absolute Gasteiger partial charge is 0.381 e. The van der Waals surface area contributed by atoms with Crippen LogP contribution in [0.5, 0.6) is 0 Å². The highest BCUT2D eigenvalue weighted by Crippen LogP contribution is 2.02. The van der Waals surface area contributed by atoms with Crippen LogP contribution in [0.15, 0.2) is 0 Å². The summed E-state index contributed by atoms with van der Waals surface area (Å²) in [4.78, 5) is 10.9. The van der Waals surface area contributed by atoms with E-state index in [9.17, 15) is 4.79 Å². The van der Waals surface area contributed by atoms with Gasteiger partial charge in [-0.1, -0.05) is 20.8 Å². The summed E-state index contributed by atoms with van der Waals surface area (Å²) in [6.07, 6.45) is 3.84. The van der Waals surface area contributed by atoms with E-state index in [-0.39, 0.29) is 5.91 Å². The van der Waals surface area contributed by atoms with Gasteiger partial charge in [0.2, 0.25) is 5.91 Å². The monoisotopic (exact) mass is 215 g/mol. The van der Waals surface area contributed by atoms with E-state index in [1.54, 1.807) is 0 Å². The molecule has 0 aromatic carbocycles. The summed E-state index contributed by atoms with van der Waals surface area (Å²) in [5, 5.41) is 2.82. The van der Waals surface area contributed by atoms with Crippen molar-refractivity contribution in [3.8, 4) is 0 Å². The van der Waals surface area contributed by atoms with Crippen molar-refractivity contribution in [1.82, 2.24) is 5.32 Å². The van der Waals surface area contributed by atoms with E-state index in [1.807, 2.05) is 6.92 Å². The number of rotatable bonds is 9. The first kappa shape index (κ1) is 14.4. The lowest BCUT2D eigenvalue weighted by Crippen LogP contribution is -2.24. The van der Waals surface area contributed by atoms with Gasteiger partial charge in [0.15, 0.2) is 0 Å². The van der Waals surface area contributed by atoms with Crippen molar-refractivity contribution in [1.29, 1.82) is 0 Å². The fourth-order valence-electron chi connectivity index (χ4n) is 1.22. The van der Waals surface area contributed by atoms with E-state index >= 15 is 0 Å². The van der Waals surface area contributed by atoms with Crippen LogP contribution in [0.2, 0.25) is 0 Å². The molecule has 0 aromatic rings. The standard InChI is InChI=1S/C12H25NO2/c1-4-12(14)13-8-6-10-15-9-5-7-11(2)3/h11H,4-10H2,1-3H3,(H,13,14). The zero-order valence-corrected chi connectivity index (χ0v) is 10.3. The van der Waals surface area contributed by atoms with Gasteiger partial charge in [0.1, 0.15) is 0 Å². The van der Waals surface area contributed by atoms with Gasteiger partial charge in [0, 0.05) is 26.2 Å². The van der Waals surface area contributed by atoms with Gasteiger partial charge in [-0.15, -0.1) is 0 Å². The summed E-state index contributed by atoms with van der Waals surface area (Å²) in [7, 11) is 0. The van der Waals surface area contributed by atoms with Crippen LogP contribution >= 0.6 is 0 Å². The molecule has 1 amide bonds. The van der Waals surface area contributed by atoms with Gasteiger partial charge in [0.25, 0.3) is 0 Å². The number of carbonyl (C=O) groups excluding carboxylic acids is 1. The van der Waals surface area contributed by atoms with Gasteiger partial charge in [0.05, 0.1) is 0 Å². The molecule has 15 heavy (non-hydrogen) atoms. The van der Waals surface area contributed by atoms with Crippen molar-refractivity contribution in [2.45, 2.75) is 46.5 Å². The molecule has 0 radical (unpaired) electrons. The molecule has 90 valence electrons. The molecule has 0 unspecified atom stereocenters. The van der Waals surface area contributed by atoms with E-state index in [0.717, 1.165) is 38.5 Å². The number of nitrogens with one attached hydrogen (secondary N) is 1. The molecule has 0 bridgehead atoms. The summed E-state index contributed by atoms with van der Waals surface area (Å²) in [5.41, 5.74) is 0. The summed E-state index contributed by atoms with van der Waals surface area (Å²) >= 11 is 0. The molecule has 0 atom stereocenters. The Bertz CT molecular complexity index is 158. The van der Waals surface area contributed by atoms with Crippen LogP contribution < -0.4 is 5.32 Å². The molecule has 1 N–H and O–H groups in total. The molecule has 0 fully saturated rings. The second-order valence-electron chi connectivity index (χ2n) is 4.21. The van der Waals surface area contributed by atoms with Crippen LogP contribution in [0.25, 0.3) is 0 Å². The van der Waals surface area contributed by atoms with Gasteiger partial charge >= 0.3 is 0 Å². The third kappa shape index (κ3) is 11.4. The third-order valence-electron chi connectivity index (χ3n) is 2.18. The van der Waals surface area contributed by atoms with Gasteiger partial charge in [-0.05, 0) is 25.2 Å². The molecular formula is C12H25NO2. The Labute approximate surface area is 93.6 Å². The molecule has 0 saturated carbocycles. The van der Waals surface area contributed by atoms with Crippen LogP contribution in [0.1, 0.15) is 46.5 Å². The third-order valence-corrected chi connectivity index (χ3v) is 2.18. The predicted molar refractivity (Wildman–Crippen MR) is 62.8 cm³/mol. The second-order valence-corrected chi connectivity index (χ2v) is 4.21. The van der Waals surface area contributed by atoms with E-state index < -0.39 is 0 Å². The lowest BCUT2D eigenvalue weighted by Gasteiger charge is -2.06. The number of carbonyl (C=O) groups is 1. The van der Waals surface area contributed by atoms with Crippen molar-refractivity contribution in [2.75, 3.05) is 19.8 Å². The lowest BCUT2D eigenvalue weighted by atomic mass is 10.1. The Balaban J connectivity index is 3.02. The molecule has 0 rings (SSSR count). The van der Waals surface area contributed by atoms with Crippen LogP contribution in [0.3, 0.4) is 0 Å². The van der Waals surface area contributed by atoms with Crippen molar-refractivity contribution < 1.29 is 9.53 Å². The maximum Gasteiger partial charge on any atom is 0.219 e. The first-order valence-electron chi connectivity index (χ1n) is 6.01. The van der Waals surface area contributed by atoms with Gasteiger partial charge in [-0.3, -0.25) is 4.79 Å². The van der Waals surface area contributed by atoms with E-state index in [1.165, 1.54) is 6.42 Å². The summed E-state index contributed by atoms with van der Waals surface area (Å²) in [6.45, 7) is 8.64. The number of amides is 1. The van der Waals surface area contributed by atoms with Crippen LogP contribution in [-0.2, 0) is 9.53 Å². The zero-order chi connectivity index (χ0) is 11.5. The van der Waals surface area contributed by atoms with Crippen molar-refractivity contribution in [3.05, 3.63) is 0 Å². The molecule has 3 nitrogen and oxygen atoms in total. The Morgan fingerprint density at radius 1 is 1.27 bits per heavy atom. The summed E-state index contributed by atoms with van der Waals surface area (Å²) in [6, 6.07) is 0. The highest BCUT2D eigenvalue weighted by Gasteiger charge is 1.96. The maximum atomic E-state index is 10.9. The molecule has 0 saturated heterocycles. The maximum absolute atomic E-state index is 10.9. The van der Waals surface area contributed by atoms with Gasteiger partial charge in [-0.25, -0.2) is 0 Å². The quantitative estimate of drug-likeness (QED) is 0.600.